The second-order valence-corrected chi connectivity index (χ2v) is 5.36. The summed E-state index contributed by atoms with van der Waals surface area (Å²) in [6.45, 7) is 3.95. The minimum atomic E-state index is 0.108. The molecule has 5 nitrogen and oxygen atoms in total. The number of carbonyl (C=O) groups is 1. The second-order valence-electron chi connectivity index (χ2n) is 5.36. The zero-order valence-electron chi connectivity index (χ0n) is 11.8. The second kappa shape index (κ2) is 5.07. The first-order valence-corrected chi connectivity index (χ1v) is 6.94. The summed E-state index contributed by atoms with van der Waals surface area (Å²) < 4.78 is 1.80. The van der Waals surface area contributed by atoms with Crippen molar-refractivity contribution in [3.63, 3.8) is 0 Å². The van der Waals surface area contributed by atoms with Gasteiger partial charge < -0.3 is 5.32 Å². The van der Waals surface area contributed by atoms with Gasteiger partial charge in [0.25, 0.3) is 0 Å². The molecule has 1 aliphatic carbocycles. The van der Waals surface area contributed by atoms with Gasteiger partial charge in [-0.1, -0.05) is 6.42 Å². The lowest BCUT2D eigenvalue weighted by atomic mass is 9.85. The molecule has 0 spiro atoms. The smallest absolute Gasteiger partial charge is 0.227 e. The largest absolute Gasteiger partial charge is 0.324 e. The number of anilines is 1. The molecule has 3 rings (SSSR count). The summed E-state index contributed by atoms with van der Waals surface area (Å²) in [5.74, 6) is 1.06. The molecule has 1 fully saturated rings. The van der Waals surface area contributed by atoms with Crippen molar-refractivity contribution in [1.29, 1.82) is 0 Å². The van der Waals surface area contributed by atoms with Crippen LogP contribution in [0.15, 0.2) is 24.4 Å². The summed E-state index contributed by atoms with van der Waals surface area (Å²) in [4.78, 5) is 16.2. The van der Waals surface area contributed by atoms with Crippen molar-refractivity contribution in [2.24, 2.45) is 5.92 Å². The molecule has 20 heavy (non-hydrogen) atoms. The third kappa shape index (κ3) is 2.43. The molecule has 1 amide bonds. The van der Waals surface area contributed by atoms with Gasteiger partial charge in [0.1, 0.15) is 0 Å². The predicted molar refractivity (Wildman–Crippen MR) is 76.8 cm³/mol. The Balaban J connectivity index is 1.74. The first kappa shape index (κ1) is 12.8. The van der Waals surface area contributed by atoms with Gasteiger partial charge in [-0.3, -0.25) is 4.79 Å². The van der Waals surface area contributed by atoms with Crippen molar-refractivity contribution in [3.05, 3.63) is 35.8 Å². The van der Waals surface area contributed by atoms with Crippen LogP contribution in [0.2, 0.25) is 0 Å². The van der Waals surface area contributed by atoms with E-state index in [9.17, 15) is 4.79 Å². The third-order valence-corrected chi connectivity index (χ3v) is 3.72. The zero-order chi connectivity index (χ0) is 14.1. The molecule has 104 valence electrons. The average Bonchev–Trinajstić information content (AvgIpc) is 2.67. The van der Waals surface area contributed by atoms with Crippen molar-refractivity contribution in [2.45, 2.75) is 33.1 Å². The van der Waals surface area contributed by atoms with E-state index in [0.717, 1.165) is 42.2 Å². The van der Waals surface area contributed by atoms with Gasteiger partial charge >= 0.3 is 0 Å². The van der Waals surface area contributed by atoms with Crippen molar-refractivity contribution < 1.29 is 4.79 Å². The maximum absolute atomic E-state index is 11.9. The summed E-state index contributed by atoms with van der Waals surface area (Å²) >= 11 is 0. The van der Waals surface area contributed by atoms with Crippen molar-refractivity contribution in [2.75, 3.05) is 5.32 Å². The lowest BCUT2D eigenvalue weighted by molar-refractivity contribution is -0.122. The van der Waals surface area contributed by atoms with Crippen LogP contribution in [0, 0.1) is 19.8 Å². The Morgan fingerprint density at radius 1 is 1.35 bits per heavy atom. The highest BCUT2D eigenvalue weighted by atomic mass is 16.1. The quantitative estimate of drug-likeness (QED) is 0.932. The number of pyridine rings is 1. The fourth-order valence-corrected chi connectivity index (χ4v) is 2.36. The van der Waals surface area contributed by atoms with Crippen LogP contribution in [-0.4, -0.2) is 20.7 Å². The summed E-state index contributed by atoms with van der Waals surface area (Å²) in [7, 11) is 0. The highest BCUT2D eigenvalue weighted by molar-refractivity contribution is 5.92. The predicted octanol–water partition coefficient (Wildman–Crippen LogP) is 2.62. The summed E-state index contributed by atoms with van der Waals surface area (Å²) in [6, 6.07) is 5.75. The van der Waals surface area contributed by atoms with Crippen molar-refractivity contribution >= 4 is 11.6 Å². The molecular formula is C15H18N4O. The third-order valence-electron chi connectivity index (χ3n) is 3.72. The first-order chi connectivity index (χ1) is 9.63. The molecule has 0 atom stereocenters. The first-order valence-electron chi connectivity index (χ1n) is 6.94. The van der Waals surface area contributed by atoms with Crippen LogP contribution >= 0.6 is 0 Å². The summed E-state index contributed by atoms with van der Waals surface area (Å²) in [6.07, 6.45) is 4.85. The van der Waals surface area contributed by atoms with E-state index in [1.807, 2.05) is 32.0 Å². The number of aryl methyl sites for hydroxylation is 2. The van der Waals surface area contributed by atoms with Crippen LogP contribution in [0.1, 0.15) is 30.7 Å². The molecule has 0 unspecified atom stereocenters. The molecule has 0 bridgehead atoms. The van der Waals surface area contributed by atoms with Crippen molar-refractivity contribution in [1.82, 2.24) is 14.8 Å². The van der Waals surface area contributed by atoms with Gasteiger partial charge in [-0.05, 0) is 44.9 Å². The minimum Gasteiger partial charge on any atom is -0.324 e. The molecule has 0 aliphatic heterocycles. The average molecular weight is 270 g/mol. The van der Waals surface area contributed by atoms with Gasteiger partial charge in [0, 0.05) is 11.6 Å². The monoisotopic (exact) mass is 270 g/mol. The summed E-state index contributed by atoms with van der Waals surface area (Å²) in [5.41, 5.74) is 2.75. The summed E-state index contributed by atoms with van der Waals surface area (Å²) in [5, 5.41) is 7.30. The van der Waals surface area contributed by atoms with Crippen LogP contribution in [0.4, 0.5) is 5.69 Å². The van der Waals surface area contributed by atoms with E-state index in [4.69, 9.17) is 0 Å². The SMILES string of the molecule is Cc1cc(C)n(-c2ccc(NC(=O)C3CCC3)cn2)n1. The Bertz CT molecular complexity index is 626. The lowest BCUT2D eigenvalue weighted by Crippen LogP contribution is -2.28. The zero-order valence-corrected chi connectivity index (χ0v) is 11.8. The molecule has 2 aromatic rings. The fourth-order valence-electron chi connectivity index (χ4n) is 2.36. The molecule has 1 saturated carbocycles. The number of rotatable bonds is 3. The van der Waals surface area contributed by atoms with E-state index < -0.39 is 0 Å². The maximum Gasteiger partial charge on any atom is 0.227 e. The topological polar surface area (TPSA) is 59.8 Å². The maximum atomic E-state index is 11.9. The Hall–Kier alpha value is -2.17. The van der Waals surface area contributed by atoms with Gasteiger partial charge in [-0.2, -0.15) is 5.10 Å². The van der Waals surface area contributed by atoms with E-state index in [0.29, 0.717) is 0 Å². The van der Waals surface area contributed by atoms with E-state index in [-0.39, 0.29) is 11.8 Å². The van der Waals surface area contributed by atoms with Crippen LogP contribution in [0.25, 0.3) is 5.82 Å². The molecule has 2 heterocycles. The van der Waals surface area contributed by atoms with E-state index in [1.165, 1.54) is 0 Å². The molecule has 1 N–H and O–H groups in total. The van der Waals surface area contributed by atoms with Crippen molar-refractivity contribution in [3.8, 4) is 5.82 Å². The van der Waals surface area contributed by atoms with Gasteiger partial charge in [0.05, 0.1) is 17.6 Å². The highest BCUT2D eigenvalue weighted by Crippen LogP contribution is 2.27. The standard InChI is InChI=1S/C15H18N4O/c1-10-8-11(2)19(18-10)14-7-6-13(9-16-14)17-15(20)12-4-3-5-12/h6-9,12H,3-5H2,1-2H3,(H,17,20). The molecule has 0 radical (unpaired) electrons. The number of hydrogen-bond donors (Lipinski definition) is 1. The molecule has 1 aliphatic rings. The number of nitrogens with one attached hydrogen (secondary N) is 1. The fraction of sp³-hybridized carbons (Fsp3) is 0.400. The van der Waals surface area contributed by atoms with Gasteiger partial charge in [-0.25, -0.2) is 9.67 Å². The molecular weight excluding hydrogens is 252 g/mol. The molecule has 2 aromatic heterocycles. The Labute approximate surface area is 118 Å². The Morgan fingerprint density at radius 3 is 2.65 bits per heavy atom. The number of nitrogens with zero attached hydrogens (tertiary/aromatic N) is 3. The van der Waals surface area contributed by atoms with Gasteiger partial charge in [0.2, 0.25) is 5.91 Å². The van der Waals surface area contributed by atoms with Gasteiger partial charge in [-0.15, -0.1) is 0 Å². The minimum absolute atomic E-state index is 0.108. The van der Waals surface area contributed by atoms with E-state index >= 15 is 0 Å². The molecule has 0 aromatic carbocycles. The number of hydrogen-bond acceptors (Lipinski definition) is 3. The van der Waals surface area contributed by atoms with Crippen LogP contribution in [0.3, 0.4) is 0 Å². The number of aromatic nitrogens is 3. The van der Waals surface area contributed by atoms with Crippen LogP contribution in [-0.2, 0) is 4.79 Å². The molecule has 5 heteroatoms. The lowest BCUT2D eigenvalue weighted by Gasteiger charge is -2.23. The van der Waals surface area contributed by atoms with Gasteiger partial charge in [0.15, 0.2) is 5.82 Å². The van der Waals surface area contributed by atoms with Crippen LogP contribution in [0.5, 0.6) is 0 Å². The number of amides is 1. The highest BCUT2D eigenvalue weighted by Gasteiger charge is 2.25. The normalized spacial score (nSPS) is 14.9. The van der Waals surface area contributed by atoms with E-state index in [1.54, 1.807) is 10.9 Å². The Kier molecular flexibility index (Phi) is 3.26. The number of carbonyl (C=O) groups excluding carboxylic acids is 1. The molecule has 0 saturated heterocycles. The van der Waals surface area contributed by atoms with E-state index in [2.05, 4.69) is 15.4 Å². The Morgan fingerprint density at radius 2 is 2.15 bits per heavy atom. The van der Waals surface area contributed by atoms with Crippen LogP contribution < -0.4 is 5.32 Å².